The summed E-state index contributed by atoms with van der Waals surface area (Å²) >= 11 is 1.30. The molecule has 7 nitrogen and oxygen atoms in total. The van der Waals surface area contributed by atoms with Crippen LogP contribution in [-0.4, -0.2) is 32.3 Å². The molecule has 0 aliphatic heterocycles. The number of amides is 2. The molecule has 0 fully saturated rings. The van der Waals surface area contributed by atoms with Gasteiger partial charge in [-0.2, -0.15) is 0 Å². The van der Waals surface area contributed by atoms with Crippen LogP contribution in [0.3, 0.4) is 0 Å². The minimum atomic E-state index is -0.372. The fourth-order valence-corrected chi connectivity index (χ4v) is 4.10. The first-order valence-electron chi connectivity index (χ1n) is 10.7. The molecule has 172 valence electrons. The molecule has 0 aliphatic rings. The maximum Gasteiger partial charge on any atom is 0.251 e. The molecule has 0 aliphatic carbocycles. The van der Waals surface area contributed by atoms with Gasteiger partial charge in [0.15, 0.2) is 11.0 Å². The van der Waals surface area contributed by atoms with Crippen molar-refractivity contribution in [3.05, 3.63) is 83.2 Å². The molecule has 8 heteroatoms. The summed E-state index contributed by atoms with van der Waals surface area (Å²) in [5.74, 6) is 0.492. The number of hydrogen-bond donors (Lipinski definition) is 2. The van der Waals surface area contributed by atoms with Crippen LogP contribution in [0.15, 0.2) is 60.3 Å². The zero-order valence-electron chi connectivity index (χ0n) is 19.4. The van der Waals surface area contributed by atoms with Crippen molar-refractivity contribution in [2.24, 2.45) is 0 Å². The van der Waals surface area contributed by atoms with Crippen molar-refractivity contribution in [1.29, 1.82) is 0 Å². The van der Waals surface area contributed by atoms with E-state index >= 15 is 0 Å². The van der Waals surface area contributed by atoms with E-state index in [9.17, 15) is 9.59 Å². The van der Waals surface area contributed by atoms with E-state index in [2.05, 4.69) is 27.4 Å². The average Bonchev–Trinajstić information content (AvgIpc) is 3.18. The summed E-state index contributed by atoms with van der Waals surface area (Å²) in [5.41, 5.74) is 4.51. The van der Waals surface area contributed by atoms with Gasteiger partial charge in [0.25, 0.3) is 5.91 Å². The first-order chi connectivity index (χ1) is 15.8. The molecule has 3 aromatic rings. The normalized spacial score (nSPS) is 11.6. The van der Waals surface area contributed by atoms with Crippen molar-refractivity contribution in [1.82, 2.24) is 20.1 Å². The summed E-state index contributed by atoms with van der Waals surface area (Å²) in [6, 6.07) is 13.0. The van der Waals surface area contributed by atoms with Crippen molar-refractivity contribution in [2.75, 3.05) is 11.1 Å². The SMILES string of the molecule is C=CCn1c(SCC(=O)Nc2cc(C)ccc2C)nnc1[C@H](C)NC(=O)c1cccc(C)c1. The van der Waals surface area contributed by atoms with Crippen LogP contribution in [0.2, 0.25) is 0 Å². The minimum absolute atomic E-state index is 0.121. The summed E-state index contributed by atoms with van der Waals surface area (Å²) in [6.45, 7) is 12.0. The van der Waals surface area contributed by atoms with E-state index < -0.39 is 0 Å². The zero-order valence-corrected chi connectivity index (χ0v) is 20.2. The molecule has 0 bridgehead atoms. The Morgan fingerprint density at radius 2 is 1.88 bits per heavy atom. The number of aryl methyl sites for hydroxylation is 3. The van der Waals surface area contributed by atoms with E-state index in [4.69, 9.17) is 0 Å². The Morgan fingerprint density at radius 1 is 1.12 bits per heavy atom. The monoisotopic (exact) mass is 463 g/mol. The first-order valence-corrected chi connectivity index (χ1v) is 11.7. The molecule has 0 saturated heterocycles. The van der Waals surface area contributed by atoms with E-state index in [-0.39, 0.29) is 23.6 Å². The number of rotatable bonds is 9. The van der Waals surface area contributed by atoms with Gasteiger partial charge < -0.3 is 15.2 Å². The maximum atomic E-state index is 12.6. The molecule has 1 atom stereocenters. The maximum absolute atomic E-state index is 12.6. The number of hydrogen-bond acceptors (Lipinski definition) is 5. The number of allylic oxidation sites excluding steroid dienone is 1. The van der Waals surface area contributed by atoms with Crippen LogP contribution >= 0.6 is 11.8 Å². The van der Waals surface area contributed by atoms with Crippen molar-refractivity contribution < 1.29 is 9.59 Å². The molecule has 0 unspecified atom stereocenters. The summed E-state index contributed by atoms with van der Waals surface area (Å²) < 4.78 is 1.87. The summed E-state index contributed by atoms with van der Waals surface area (Å²) in [4.78, 5) is 25.2. The molecule has 3 rings (SSSR count). The van der Waals surface area contributed by atoms with E-state index in [0.29, 0.717) is 23.1 Å². The predicted molar refractivity (Wildman–Crippen MR) is 133 cm³/mol. The number of aromatic nitrogens is 3. The van der Waals surface area contributed by atoms with Crippen LogP contribution < -0.4 is 10.6 Å². The molecule has 2 aromatic carbocycles. The van der Waals surface area contributed by atoms with Crippen LogP contribution in [0.5, 0.6) is 0 Å². The smallest absolute Gasteiger partial charge is 0.251 e. The van der Waals surface area contributed by atoms with E-state index in [1.165, 1.54) is 11.8 Å². The third kappa shape index (κ3) is 6.32. The Bertz CT molecular complexity index is 1170. The molecule has 2 N–H and O–H groups in total. The van der Waals surface area contributed by atoms with Gasteiger partial charge in [0.1, 0.15) is 0 Å². The van der Waals surface area contributed by atoms with Crippen molar-refractivity contribution in [3.63, 3.8) is 0 Å². The Balaban J connectivity index is 1.68. The van der Waals surface area contributed by atoms with E-state index in [0.717, 1.165) is 22.4 Å². The Labute approximate surface area is 198 Å². The second-order valence-electron chi connectivity index (χ2n) is 7.96. The van der Waals surface area contributed by atoms with Gasteiger partial charge in [0.2, 0.25) is 5.91 Å². The quantitative estimate of drug-likeness (QED) is 0.357. The Morgan fingerprint density at radius 3 is 2.61 bits per heavy atom. The van der Waals surface area contributed by atoms with Crippen LogP contribution in [-0.2, 0) is 11.3 Å². The van der Waals surface area contributed by atoms with Gasteiger partial charge in [-0.1, -0.05) is 47.7 Å². The Kier molecular flexibility index (Phi) is 8.06. The number of nitrogens with zero attached hydrogens (tertiary/aromatic N) is 3. The second-order valence-corrected chi connectivity index (χ2v) is 8.90. The fraction of sp³-hybridized carbons (Fsp3) is 0.280. The zero-order chi connectivity index (χ0) is 24.0. The van der Waals surface area contributed by atoms with Crippen molar-refractivity contribution >= 4 is 29.3 Å². The highest BCUT2D eigenvalue weighted by Gasteiger charge is 2.20. The van der Waals surface area contributed by atoms with Crippen molar-refractivity contribution in [3.8, 4) is 0 Å². The van der Waals surface area contributed by atoms with Gasteiger partial charge in [0, 0.05) is 17.8 Å². The lowest BCUT2D eigenvalue weighted by molar-refractivity contribution is -0.113. The fourth-order valence-electron chi connectivity index (χ4n) is 3.35. The van der Waals surface area contributed by atoms with Gasteiger partial charge >= 0.3 is 0 Å². The highest BCUT2D eigenvalue weighted by molar-refractivity contribution is 7.99. The van der Waals surface area contributed by atoms with Crippen LogP contribution in [0, 0.1) is 20.8 Å². The van der Waals surface area contributed by atoms with Crippen molar-refractivity contribution in [2.45, 2.75) is 45.4 Å². The molecule has 33 heavy (non-hydrogen) atoms. The molecular formula is C25H29N5O2S. The highest BCUT2D eigenvalue weighted by Crippen LogP contribution is 2.22. The van der Waals surface area contributed by atoms with E-state index in [1.807, 2.05) is 68.7 Å². The van der Waals surface area contributed by atoms with Crippen LogP contribution in [0.25, 0.3) is 0 Å². The van der Waals surface area contributed by atoms with E-state index in [1.54, 1.807) is 12.1 Å². The molecule has 0 spiro atoms. The summed E-state index contributed by atoms with van der Waals surface area (Å²) in [5, 5.41) is 15.1. The topological polar surface area (TPSA) is 88.9 Å². The summed E-state index contributed by atoms with van der Waals surface area (Å²) in [7, 11) is 0. The minimum Gasteiger partial charge on any atom is -0.342 e. The average molecular weight is 464 g/mol. The van der Waals surface area contributed by atoms with Gasteiger partial charge in [-0.15, -0.1) is 16.8 Å². The number of carbonyl (C=O) groups excluding carboxylic acids is 2. The third-order valence-corrected chi connectivity index (χ3v) is 6.04. The standard InChI is InChI=1S/C25H29N5O2S/c1-6-12-30-23(19(5)26-24(32)20-9-7-8-16(2)13-20)28-29-25(30)33-15-22(31)27-21-14-17(3)10-11-18(21)4/h6-11,13-14,19H,1,12,15H2,2-5H3,(H,26,32)(H,27,31)/t19-/m0/s1. The number of carbonyl (C=O) groups is 2. The van der Waals surface area contributed by atoms with Gasteiger partial charge in [-0.05, 0) is 57.0 Å². The number of benzene rings is 2. The molecule has 1 heterocycles. The third-order valence-electron chi connectivity index (χ3n) is 5.07. The molecular weight excluding hydrogens is 434 g/mol. The molecule has 0 saturated carbocycles. The number of thioether (sulfide) groups is 1. The highest BCUT2D eigenvalue weighted by atomic mass is 32.2. The van der Waals surface area contributed by atoms with Crippen LogP contribution in [0.4, 0.5) is 5.69 Å². The predicted octanol–water partition coefficient (Wildman–Crippen LogP) is 4.61. The van der Waals surface area contributed by atoms with Gasteiger partial charge in [0.05, 0.1) is 11.8 Å². The number of nitrogens with one attached hydrogen (secondary N) is 2. The lowest BCUT2D eigenvalue weighted by atomic mass is 10.1. The second kappa shape index (κ2) is 11.0. The lowest BCUT2D eigenvalue weighted by Gasteiger charge is -2.15. The van der Waals surface area contributed by atoms with Gasteiger partial charge in [-0.3, -0.25) is 9.59 Å². The van der Waals surface area contributed by atoms with Gasteiger partial charge in [-0.25, -0.2) is 0 Å². The molecule has 2 amide bonds. The Hall–Kier alpha value is -3.39. The molecule has 0 radical (unpaired) electrons. The van der Waals surface area contributed by atoms with Crippen LogP contribution in [0.1, 0.15) is 45.8 Å². The molecule has 1 aromatic heterocycles. The first kappa shape index (κ1) is 24.3. The number of anilines is 1. The largest absolute Gasteiger partial charge is 0.342 e. The summed E-state index contributed by atoms with van der Waals surface area (Å²) in [6.07, 6.45) is 1.74. The lowest BCUT2D eigenvalue weighted by Crippen LogP contribution is -2.29.